The molecule has 0 bridgehead atoms. The Balaban J connectivity index is 1.91. The van der Waals surface area contributed by atoms with Gasteiger partial charge in [0.1, 0.15) is 17.1 Å². The van der Waals surface area contributed by atoms with E-state index >= 15 is 0 Å². The Bertz CT molecular complexity index is 702. The number of nitriles is 1. The highest BCUT2D eigenvalue weighted by atomic mass is 16.5. The molecule has 120 valence electrons. The summed E-state index contributed by atoms with van der Waals surface area (Å²) in [7, 11) is 0. The number of nitrogens with one attached hydrogen (secondary N) is 1. The van der Waals surface area contributed by atoms with Crippen LogP contribution in [-0.4, -0.2) is 23.7 Å². The molecular formula is C17H18N2O4. The lowest BCUT2D eigenvalue weighted by molar-refractivity contribution is -0.128. The fourth-order valence-corrected chi connectivity index (χ4v) is 1.97. The lowest BCUT2D eigenvalue weighted by Crippen LogP contribution is -2.43. The predicted molar refractivity (Wildman–Crippen MR) is 82.5 cm³/mol. The van der Waals surface area contributed by atoms with Gasteiger partial charge in [-0.1, -0.05) is 6.07 Å². The van der Waals surface area contributed by atoms with E-state index in [0.717, 1.165) is 0 Å². The Morgan fingerprint density at radius 1 is 1.48 bits per heavy atom. The Labute approximate surface area is 134 Å². The summed E-state index contributed by atoms with van der Waals surface area (Å²) in [5.74, 6) is 0.428. The molecule has 1 aromatic heterocycles. The highest BCUT2D eigenvalue weighted by molar-refractivity contribution is 5.80. The highest BCUT2D eigenvalue weighted by Crippen LogP contribution is 2.20. The van der Waals surface area contributed by atoms with Gasteiger partial charge in [-0.05, 0) is 44.2 Å². The van der Waals surface area contributed by atoms with Crippen LogP contribution < -0.4 is 10.1 Å². The number of hydrogen-bond donors (Lipinski definition) is 2. The van der Waals surface area contributed by atoms with Crippen LogP contribution in [0, 0.1) is 11.3 Å². The molecule has 2 unspecified atom stereocenters. The molecule has 1 heterocycles. The van der Waals surface area contributed by atoms with Gasteiger partial charge in [0.25, 0.3) is 5.91 Å². The van der Waals surface area contributed by atoms with E-state index in [2.05, 4.69) is 5.32 Å². The van der Waals surface area contributed by atoms with Gasteiger partial charge in [-0.15, -0.1) is 0 Å². The van der Waals surface area contributed by atoms with Crippen LogP contribution in [-0.2, 0) is 10.4 Å². The molecule has 0 fully saturated rings. The maximum atomic E-state index is 12.1. The van der Waals surface area contributed by atoms with Crippen molar-refractivity contribution in [2.24, 2.45) is 0 Å². The summed E-state index contributed by atoms with van der Waals surface area (Å²) in [6, 6.07) is 11.9. The van der Waals surface area contributed by atoms with E-state index in [1.807, 2.05) is 6.07 Å². The van der Waals surface area contributed by atoms with Gasteiger partial charge >= 0.3 is 0 Å². The van der Waals surface area contributed by atoms with E-state index in [-0.39, 0.29) is 12.5 Å². The third-order valence-electron chi connectivity index (χ3n) is 3.30. The largest absolute Gasteiger partial charge is 0.481 e. The van der Waals surface area contributed by atoms with Gasteiger partial charge in [-0.25, -0.2) is 0 Å². The fraction of sp³-hybridized carbons (Fsp3) is 0.294. The summed E-state index contributed by atoms with van der Waals surface area (Å²) in [6.07, 6.45) is 0.691. The minimum absolute atomic E-state index is 0.00865. The van der Waals surface area contributed by atoms with Crippen molar-refractivity contribution in [3.63, 3.8) is 0 Å². The van der Waals surface area contributed by atoms with E-state index in [1.165, 1.54) is 6.26 Å². The summed E-state index contributed by atoms with van der Waals surface area (Å²) in [5.41, 5.74) is -0.851. The third kappa shape index (κ3) is 4.34. The molecule has 0 radical (unpaired) electrons. The van der Waals surface area contributed by atoms with Gasteiger partial charge in [0.15, 0.2) is 6.10 Å². The van der Waals surface area contributed by atoms with E-state index in [4.69, 9.17) is 14.4 Å². The number of ether oxygens (including phenoxy) is 1. The number of aliphatic hydroxyl groups is 1. The first kappa shape index (κ1) is 16.6. The first-order valence-electron chi connectivity index (χ1n) is 7.13. The zero-order chi connectivity index (χ0) is 16.9. The van der Waals surface area contributed by atoms with E-state index in [0.29, 0.717) is 17.1 Å². The van der Waals surface area contributed by atoms with Crippen LogP contribution in [0.1, 0.15) is 25.2 Å². The average Bonchev–Trinajstić information content (AvgIpc) is 3.08. The highest BCUT2D eigenvalue weighted by Gasteiger charge is 2.28. The van der Waals surface area contributed by atoms with Crippen molar-refractivity contribution in [2.45, 2.75) is 25.6 Å². The van der Waals surface area contributed by atoms with Crippen molar-refractivity contribution in [3.8, 4) is 11.8 Å². The number of furan rings is 1. The molecule has 2 atom stereocenters. The van der Waals surface area contributed by atoms with Crippen molar-refractivity contribution in [1.29, 1.82) is 5.26 Å². The molecule has 0 aliphatic rings. The number of amides is 1. The molecule has 0 aliphatic heterocycles. The number of benzene rings is 1. The number of carbonyl (C=O) groups is 1. The van der Waals surface area contributed by atoms with Crippen LogP contribution in [0.5, 0.6) is 5.75 Å². The molecule has 0 aliphatic carbocycles. The van der Waals surface area contributed by atoms with Crippen molar-refractivity contribution < 1.29 is 19.1 Å². The topological polar surface area (TPSA) is 95.5 Å². The first-order chi connectivity index (χ1) is 10.9. The first-order valence-corrected chi connectivity index (χ1v) is 7.13. The Morgan fingerprint density at radius 3 is 2.91 bits per heavy atom. The molecule has 2 rings (SSSR count). The maximum Gasteiger partial charge on any atom is 0.260 e. The van der Waals surface area contributed by atoms with E-state index < -0.39 is 11.7 Å². The fourth-order valence-electron chi connectivity index (χ4n) is 1.97. The second-order valence-corrected chi connectivity index (χ2v) is 5.37. The summed E-state index contributed by atoms with van der Waals surface area (Å²) < 4.78 is 10.7. The van der Waals surface area contributed by atoms with Crippen LogP contribution in [0.3, 0.4) is 0 Å². The summed E-state index contributed by atoms with van der Waals surface area (Å²) in [4.78, 5) is 12.1. The van der Waals surface area contributed by atoms with E-state index in [9.17, 15) is 9.90 Å². The van der Waals surface area contributed by atoms with Gasteiger partial charge in [0.05, 0.1) is 24.4 Å². The molecule has 0 saturated carbocycles. The Morgan fingerprint density at radius 2 is 2.26 bits per heavy atom. The number of hydrogen-bond acceptors (Lipinski definition) is 5. The summed E-state index contributed by atoms with van der Waals surface area (Å²) in [6.45, 7) is 3.13. The van der Waals surface area contributed by atoms with Gasteiger partial charge in [0.2, 0.25) is 0 Å². The lowest BCUT2D eigenvalue weighted by Gasteiger charge is -2.22. The third-order valence-corrected chi connectivity index (χ3v) is 3.30. The normalized spacial score (nSPS) is 14.3. The van der Waals surface area contributed by atoms with Crippen molar-refractivity contribution in [1.82, 2.24) is 5.32 Å². The van der Waals surface area contributed by atoms with Gasteiger partial charge in [-0.3, -0.25) is 4.79 Å². The molecule has 6 nitrogen and oxygen atoms in total. The van der Waals surface area contributed by atoms with Crippen LogP contribution in [0.2, 0.25) is 0 Å². The minimum Gasteiger partial charge on any atom is -0.481 e. The van der Waals surface area contributed by atoms with Gasteiger partial charge < -0.3 is 19.6 Å². The monoisotopic (exact) mass is 314 g/mol. The maximum absolute atomic E-state index is 12.1. The summed E-state index contributed by atoms with van der Waals surface area (Å²) >= 11 is 0. The standard InChI is InChI=1S/C17H18N2O4/c1-12(23-14-6-3-5-13(9-14)10-18)16(20)19-11-17(2,21)15-7-4-8-22-15/h3-9,12,21H,11H2,1-2H3,(H,19,20). The molecule has 6 heteroatoms. The lowest BCUT2D eigenvalue weighted by atomic mass is 10.0. The van der Waals surface area contributed by atoms with Gasteiger partial charge in [0, 0.05) is 0 Å². The van der Waals surface area contributed by atoms with Crippen molar-refractivity contribution in [2.75, 3.05) is 6.54 Å². The average molecular weight is 314 g/mol. The minimum atomic E-state index is -1.31. The molecule has 1 aromatic carbocycles. The zero-order valence-corrected chi connectivity index (χ0v) is 12.9. The van der Waals surface area contributed by atoms with Crippen LogP contribution >= 0.6 is 0 Å². The summed E-state index contributed by atoms with van der Waals surface area (Å²) in [5, 5.41) is 21.7. The van der Waals surface area contributed by atoms with Crippen LogP contribution in [0.15, 0.2) is 47.1 Å². The Kier molecular flexibility index (Phi) is 5.04. The van der Waals surface area contributed by atoms with Crippen molar-refractivity contribution >= 4 is 5.91 Å². The number of nitrogens with zero attached hydrogens (tertiary/aromatic N) is 1. The smallest absolute Gasteiger partial charge is 0.260 e. The van der Waals surface area contributed by atoms with Gasteiger partial charge in [-0.2, -0.15) is 5.26 Å². The van der Waals surface area contributed by atoms with Crippen LogP contribution in [0.4, 0.5) is 0 Å². The van der Waals surface area contributed by atoms with Crippen molar-refractivity contribution in [3.05, 3.63) is 54.0 Å². The second-order valence-electron chi connectivity index (χ2n) is 5.37. The molecular weight excluding hydrogens is 296 g/mol. The molecule has 2 aromatic rings. The number of carbonyl (C=O) groups excluding carboxylic acids is 1. The molecule has 1 amide bonds. The number of rotatable bonds is 6. The molecule has 0 spiro atoms. The van der Waals surface area contributed by atoms with E-state index in [1.54, 1.807) is 50.2 Å². The molecule has 2 N–H and O–H groups in total. The molecule has 0 saturated heterocycles. The quantitative estimate of drug-likeness (QED) is 0.849. The SMILES string of the molecule is CC(Oc1cccc(C#N)c1)C(=O)NCC(C)(O)c1ccco1. The second kappa shape index (κ2) is 6.99. The Hall–Kier alpha value is -2.78. The zero-order valence-electron chi connectivity index (χ0n) is 12.9. The molecule has 23 heavy (non-hydrogen) atoms. The van der Waals surface area contributed by atoms with Crippen LogP contribution in [0.25, 0.3) is 0 Å². The predicted octanol–water partition coefficient (Wildman–Crippen LogP) is 1.94.